The molecule has 0 aliphatic carbocycles. The summed E-state index contributed by atoms with van der Waals surface area (Å²) in [5.74, 6) is -0.171. The molecule has 0 bridgehead atoms. The van der Waals surface area contributed by atoms with Crippen LogP contribution < -0.4 is 14.8 Å². The van der Waals surface area contributed by atoms with Gasteiger partial charge in [-0.25, -0.2) is 0 Å². The highest BCUT2D eigenvalue weighted by Gasteiger charge is 2.26. The standard InChI is InChI=1S/C21H22F2N2O3/c1-13(2)19(28-18-10-5-4-7-16(18)12-24)20(26)25-14(3)15-8-6-9-17(11-15)27-21(22)23/h4-11,13-14,19,21H,1-3H3,(H,25,26). The summed E-state index contributed by atoms with van der Waals surface area (Å²) in [6.45, 7) is 2.49. The van der Waals surface area contributed by atoms with E-state index in [9.17, 15) is 18.8 Å². The zero-order valence-corrected chi connectivity index (χ0v) is 15.9. The quantitative estimate of drug-likeness (QED) is 0.726. The van der Waals surface area contributed by atoms with Crippen LogP contribution in [0.25, 0.3) is 0 Å². The molecule has 1 amide bonds. The number of rotatable bonds is 8. The Morgan fingerprint density at radius 1 is 1.07 bits per heavy atom. The van der Waals surface area contributed by atoms with Crippen molar-refractivity contribution in [2.24, 2.45) is 5.92 Å². The van der Waals surface area contributed by atoms with Crippen LogP contribution in [0.5, 0.6) is 11.5 Å². The van der Waals surface area contributed by atoms with Crippen molar-refractivity contribution in [2.75, 3.05) is 0 Å². The molecule has 2 rings (SSSR count). The lowest BCUT2D eigenvalue weighted by Crippen LogP contribution is -2.42. The fourth-order valence-electron chi connectivity index (χ4n) is 2.63. The first-order valence-corrected chi connectivity index (χ1v) is 8.82. The highest BCUT2D eigenvalue weighted by molar-refractivity contribution is 5.82. The lowest BCUT2D eigenvalue weighted by atomic mass is 10.0. The number of nitrogens with zero attached hydrogens (tertiary/aromatic N) is 1. The van der Waals surface area contributed by atoms with Crippen molar-refractivity contribution in [1.29, 1.82) is 5.26 Å². The summed E-state index contributed by atoms with van der Waals surface area (Å²) in [5, 5.41) is 12.0. The van der Waals surface area contributed by atoms with Gasteiger partial charge in [-0.2, -0.15) is 14.0 Å². The molecule has 0 heterocycles. The minimum atomic E-state index is -2.92. The third-order valence-corrected chi connectivity index (χ3v) is 4.07. The van der Waals surface area contributed by atoms with E-state index in [0.29, 0.717) is 16.9 Å². The molecule has 28 heavy (non-hydrogen) atoms. The van der Waals surface area contributed by atoms with Gasteiger partial charge in [0.15, 0.2) is 6.10 Å². The van der Waals surface area contributed by atoms with Gasteiger partial charge in [0.05, 0.1) is 11.6 Å². The maximum absolute atomic E-state index is 12.8. The number of hydrogen-bond acceptors (Lipinski definition) is 4. The fraction of sp³-hybridized carbons (Fsp3) is 0.333. The Morgan fingerprint density at radius 3 is 2.43 bits per heavy atom. The number of nitrogens with one attached hydrogen (secondary N) is 1. The van der Waals surface area contributed by atoms with E-state index in [1.54, 1.807) is 43.3 Å². The number of benzene rings is 2. The van der Waals surface area contributed by atoms with Crippen LogP contribution in [-0.2, 0) is 4.79 Å². The maximum atomic E-state index is 12.8. The van der Waals surface area contributed by atoms with Crippen LogP contribution in [0.1, 0.15) is 37.9 Å². The first-order chi connectivity index (χ1) is 13.3. The van der Waals surface area contributed by atoms with Crippen molar-refractivity contribution in [2.45, 2.75) is 39.5 Å². The van der Waals surface area contributed by atoms with E-state index in [0.717, 1.165) is 0 Å². The van der Waals surface area contributed by atoms with Crippen LogP contribution in [0.4, 0.5) is 8.78 Å². The molecule has 0 aromatic heterocycles. The second kappa shape index (κ2) is 9.70. The van der Waals surface area contributed by atoms with E-state index in [4.69, 9.17) is 4.74 Å². The molecule has 7 heteroatoms. The number of carbonyl (C=O) groups excluding carboxylic acids is 1. The summed E-state index contributed by atoms with van der Waals surface area (Å²) in [6.07, 6.45) is -0.822. The van der Waals surface area contributed by atoms with Crippen LogP contribution in [0, 0.1) is 17.2 Å². The molecule has 0 aliphatic heterocycles. The van der Waals surface area contributed by atoms with Gasteiger partial charge in [-0.05, 0) is 42.7 Å². The molecule has 1 N–H and O–H groups in total. The molecular formula is C21H22F2N2O3. The molecule has 0 spiro atoms. The number of amides is 1. The molecule has 2 unspecified atom stereocenters. The number of carbonyl (C=O) groups is 1. The monoisotopic (exact) mass is 388 g/mol. The zero-order chi connectivity index (χ0) is 20.7. The van der Waals surface area contributed by atoms with Gasteiger partial charge in [0.25, 0.3) is 5.91 Å². The molecule has 0 aliphatic rings. The van der Waals surface area contributed by atoms with Crippen LogP contribution in [-0.4, -0.2) is 18.6 Å². The van der Waals surface area contributed by atoms with Crippen LogP contribution in [0.3, 0.4) is 0 Å². The smallest absolute Gasteiger partial charge is 0.387 e. The van der Waals surface area contributed by atoms with Crippen molar-refractivity contribution in [1.82, 2.24) is 5.32 Å². The largest absolute Gasteiger partial charge is 0.479 e. The number of ether oxygens (including phenoxy) is 2. The number of alkyl halides is 2. The van der Waals surface area contributed by atoms with Gasteiger partial charge in [0.2, 0.25) is 0 Å². The van der Waals surface area contributed by atoms with Crippen molar-refractivity contribution in [3.63, 3.8) is 0 Å². The zero-order valence-electron chi connectivity index (χ0n) is 15.9. The molecule has 0 saturated heterocycles. The predicted octanol–water partition coefficient (Wildman–Crippen LogP) is 4.44. The topological polar surface area (TPSA) is 71.3 Å². The molecule has 2 atom stereocenters. The van der Waals surface area contributed by atoms with Crippen molar-refractivity contribution >= 4 is 5.91 Å². The summed E-state index contributed by atoms with van der Waals surface area (Å²) in [7, 11) is 0. The molecular weight excluding hydrogens is 366 g/mol. The van der Waals surface area contributed by atoms with Crippen LogP contribution in [0.15, 0.2) is 48.5 Å². The number of para-hydroxylation sites is 1. The Kier molecular flexibility index (Phi) is 7.33. The average Bonchev–Trinajstić information content (AvgIpc) is 2.65. The Labute approximate surface area is 162 Å². The van der Waals surface area contributed by atoms with Crippen molar-refractivity contribution in [3.8, 4) is 17.6 Å². The van der Waals surface area contributed by atoms with Crippen LogP contribution >= 0.6 is 0 Å². The Hall–Kier alpha value is -3.14. The lowest BCUT2D eigenvalue weighted by Gasteiger charge is -2.24. The Balaban J connectivity index is 2.13. The molecule has 0 fully saturated rings. The average molecular weight is 388 g/mol. The number of hydrogen-bond donors (Lipinski definition) is 1. The number of nitriles is 1. The van der Waals surface area contributed by atoms with E-state index in [1.807, 2.05) is 19.9 Å². The predicted molar refractivity (Wildman–Crippen MR) is 100 cm³/mol. The highest BCUT2D eigenvalue weighted by atomic mass is 19.3. The first kappa shape index (κ1) is 21.2. The van der Waals surface area contributed by atoms with E-state index < -0.39 is 18.8 Å². The maximum Gasteiger partial charge on any atom is 0.387 e. The minimum Gasteiger partial charge on any atom is -0.479 e. The van der Waals surface area contributed by atoms with E-state index in [1.165, 1.54) is 12.1 Å². The SMILES string of the molecule is CC(NC(=O)C(Oc1ccccc1C#N)C(C)C)c1cccc(OC(F)F)c1. The summed E-state index contributed by atoms with van der Waals surface area (Å²) in [4.78, 5) is 12.8. The second-order valence-electron chi connectivity index (χ2n) is 6.57. The molecule has 5 nitrogen and oxygen atoms in total. The van der Waals surface area contributed by atoms with Gasteiger partial charge < -0.3 is 14.8 Å². The van der Waals surface area contributed by atoms with Gasteiger partial charge in [0.1, 0.15) is 17.6 Å². The molecule has 0 radical (unpaired) electrons. The van der Waals surface area contributed by atoms with Gasteiger partial charge >= 0.3 is 6.61 Å². The van der Waals surface area contributed by atoms with Crippen molar-refractivity contribution < 1.29 is 23.0 Å². The lowest BCUT2D eigenvalue weighted by molar-refractivity contribution is -0.130. The summed E-state index contributed by atoms with van der Waals surface area (Å²) >= 11 is 0. The fourth-order valence-corrected chi connectivity index (χ4v) is 2.63. The van der Waals surface area contributed by atoms with Gasteiger partial charge in [-0.1, -0.05) is 38.1 Å². The van der Waals surface area contributed by atoms with E-state index >= 15 is 0 Å². The van der Waals surface area contributed by atoms with Gasteiger partial charge in [-0.15, -0.1) is 0 Å². The summed E-state index contributed by atoms with van der Waals surface area (Å²) in [6, 6.07) is 14.4. The third kappa shape index (κ3) is 5.68. The molecule has 148 valence electrons. The van der Waals surface area contributed by atoms with Gasteiger partial charge in [0, 0.05) is 0 Å². The second-order valence-corrected chi connectivity index (χ2v) is 6.57. The summed E-state index contributed by atoms with van der Waals surface area (Å²) < 4.78 is 35.0. The molecule has 2 aromatic carbocycles. The van der Waals surface area contributed by atoms with E-state index in [2.05, 4.69) is 10.1 Å². The van der Waals surface area contributed by atoms with Crippen molar-refractivity contribution in [3.05, 3.63) is 59.7 Å². The van der Waals surface area contributed by atoms with E-state index in [-0.39, 0.29) is 17.6 Å². The number of halogens is 2. The highest BCUT2D eigenvalue weighted by Crippen LogP contribution is 2.23. The third-order valence-electron chi connectivity index (χ3n) is 4.07. The summed E-state index contributed by atoms with van der Waals surface area (Å²) in [5.41, 5.74) is 0.956. The Bertz CT molecular complexity index is 850. The van der Waals surface area contributed by atoms with Gasteiger partial charge in [-0.3, -0.25) is 4.79 Å². The normalized spacial score (nSPS) is 12.9. The first-order valence-electron chi connectivity index (χ1n) is 8.82. The van der Waals surface area contributed by atoms with Crippen LogP contribution in [0.2, 0.25) is 0 Å². The molecule has 0 saturated carbocycles. The minimum absolute atomic E-state index is 0.0215. The Morgan fingerprint density at radius 2 is 1.79 bits per heavy atom. The molecule has 2 aromatic rings.